The number of imidazole rings is 1. The lowest BCUT2D eigenvalue weighted by atomic mass is 10.1. The van der Waals surface area contributed by atoms with E-state index < -0.39 is 0 Å². The molecule has 3 aromatic heterocycles. The number of pyridine rings is 1. The molecule has 8 nitrogen and oxygen atoms in total. The van der Waals surface area contributed by atoms with E-state index in [1.54, 1.807) is 6.20 Å². The molecule has 9 heteroatoms. The fourth-order valence-electron chi connectivity index (χ4n) is 3.86. The van der Waals surface area contributed by atoms with Crippen molar-refractivity contribution in [3.05, 3.63) is 65.9 Å². The van der Waals surface area contributed by atoms with Gasteiger partial charge in [-0.3, -0.25) is 0 Å². The first-order chi connectivity index (χ1) is 15.5. The number of nitrogens with zero attached hydrogens (tertiary/aromatic N) is 5. The summed E-state index contributed by atoms with van der Waals surface area (Å²) in [7, 11) is 0. The fourth-order valence-corrected chi connectivity index (χ4v) is 3.86. The van der Waals surface area contributed by atoms with Gasteiger partial charge in [-0.25, -0.2) is 9.37 Å². The van der Waals surface area contributed by atoms with Crippen LogP contribution in [0.1, 0.15) is 11.1 Å². The van der Waals surface area contributed by atoms with Gasteiger partial charge in [0, 0.05) is 55.2 Å². The zero-order valence-electron chi connectivity index (χ0n) is 18.0. The van der Waals surface area contributed by atoms with Gasteiger partial charge in [0.2, 0.25) is 5.95 Å². The van der Waals surface area contributed by atoms with Crippen LogP contribution in [0.2, 0.25) is 0 Å². The van der Waals surface area contributed by atoms with Gasteiger partial charge in [-0.1, -0.05) is 0 Å². The van der Waals surface area contributed by atoms with E-state index in [1.165, 1.54) is 12.1 Å². The molecule has 0 aliphatic carbocycles. The molecular formula is C23H24FN7O. The van der Waals surface area contributed by atoms with Crippen LogP contribution in [-0.2, 0) is 4.74 Å². The topological polar surface area (TPSA) is 79.6 Å². The molecule has 0 saturated carbocycles. The Balaban J connectivity index is 1.50. The summed E-state index contributed by atoms with van der Waals surface area (Å²) in [5.74, 6) is 1.63. The molecule has 1 aliphatic heterocycles. The largest absolute Gasteiger partial charge is 0.378 e. The molecular weight excluding hydrogens is 409 g/mol. The van der Waals surface area contributed by atoms with Crippen molar-refractivity contribution in [3.63, 3.8) is 0 Å². The van der Waals surface area contributed by atoms with Crippen molar-refractivity contribution in [1.82, 2.24) is 19.4 Å². The summed E-state index contributed by atoms with van der Waals surface area (Å²) >= 11 is 0. The van der Waals surface area contributed by atoms with E-state index in [1.807, 2.05) is 48.8 Å². The van der Waals surface area contributed by atoms with Gasteiger partial charge in [-0.05, 0) is 43.2 Å². The van der Waals surface area contributed by atoms with Gasteiger partial charge < -0.3 is 24.7 Å². The van der Waals surface area contributed by atoms with Crippen LogP contribution in [0, 0.1) is 19.7 Å². The third-order valence-corrected chi connectivity index (χ3v) is 5.45. The number of morpholine rings is 1. The molecule has 1 aromatic carbocycles. The minimum atomic E-state index is -0.259. The van der Waals surface area contributed by atoms with Crippen molar-refractivity contribution in [2.24, 2.45) is 0 Å². The summed E-state index contributed by atoms with van der Waals surface area (Å²) < 4.78 is 21.2. The monoisotopic (exact) mass is 433 g/mol. The summed E-state index contributed by atoms with van der Waals surface area (Å²) in [5.41, 5.74) is 4.10. The van der Waals surface area contributed by atoms with Crippen LogP contribution in [0.3, 0.4) is 0 Å². The lowest BCUT2D eigenvalue weighted by Gasteiger charge is -2.28. The Morgan fingerprint density at radius 3 is 2.53 bits per heavy atom. The molecule has 2 N–H and O–H groups in total. The van der Waals surface area contributed by atoms with Gasteiger partial charge in [-0.2, -0.15) is 9.97 Å². The van der Waals surface area contributed by atoms with Crippen molar-refractivity contribution < 1.29 is 9.13 Å². The third kappa shape index (κ3) is 4.19. The molecule has 1 fully saturated rings. The normalized spacial score (nSPS) is 14.0. The van der Waals surface area contributed by atoms with Crippen molar-refractivity contribution in [3.8, 4) is 0 Å². The maximum atomic E-state index is 13.8. The highest BCUT2D eigenvalue weighted by atomic mass is 19.1. The molecule has 5 rings (SSSR count). The van der Waals surface area contributed by atoms with E-state index in [-0.39, 0.29) is 5.82 Å². The Hall–Kier alpha value is -3.72. The lowest BCUT2D eigenvalue weighted by Crippen LogP contribution is -2.36. The first-order valence-corrected chi connectivity index (χ1v) is 10.5. The van der Waals surface area contributed by atoms with Gasteiger partial charge in [0.25, 0.3) is 0 Å². The second kappa shape index (κ2) is 8.43. The van der Waals surface area contributed by atoms with Crippen molar-refractivity contribution in [1.29, 1.82) is 0 Å². The first-order valence-electron chi connectivity index (χ1n) is 10.5. The van der Waals surface area contributed by atoms with Gasteiger partial charge in [0.1, 0.15) is 23.1 Å². The van der Waals surface area contributed by atoms with E-state index >= 15 is 0 Å². The molecule has 1 aliphatic rings. The van der Waals surface area contributed by atoms with E-state index in [4.69, 9.17) is 9.72 Å². The molecule has 0 atom stereocenters. The molecule has 0 amide bonds. The number of ether oxygens (including phenoxy) is 1. The zero-order chi connectivity index (χ0) is 22.1. The second-order valence-corrected chi connectivity index (χ2v) is 7.81. The van der Waals surface area contributed by atoms with Crippen LogP contribution in [0.4, 0.5) is 33.3 Å². The maximum absolute atomic E-state index is 13.8. The zero-order valence-corrected chi connectivity index (χ0v) is 18.0. The van der Waals surface area contributed by atoms with Gasteiger partial charge in [0.15, 0.2) is 0 Å². The van der Waals surface area contributed by atoms with Crippen molar-refractivity contribution in [2.45, 2.75) is 13.8 Å². The molecule has 4 heterocycles. The summed E-state index contributed by atoms with van der Waals surface area (Å²) in [5, 5.41) is 6.66. The van der Waals surface area contributed by atoms with Gasteiger partial charge in [0.05, 0.1) is 13.2 Å². The SMILES string of the molecule is Cc1cc(F)cc(C)c1Nc1nc(Nc2ccn3ccnc3c2)cc(N2CCOCC2)n1. The molecule has 0 spiro atoms. The molecule has 164 valence electrons. The van der Waals surface area contributed by atoms with Crippen LogP contribution in [-0.4, -0.2) is 45.7 Å². The Labute approximate surface area is 185 Å². The molecule has 1 saturated heterocycles. The molecule has 4 aromatic rings. The number of nitrogens with one attached hydrogen (secondary N) is 2. The standard InChI is InChI=1S/C23H24FN7O/c1-15-11-17(24)12-16(2)22(15)29-23-27-19(14-21(28-23)31-7-9-32-10-8-31)26-18-3-5-30-6-4-25-20(30)13-18/h3-6,11-14H,7-10H2,1-2H3,(H2,26,27,28,29). The van der Waals surface area contributed by atoms with Gasteiger partial charge >= 0.3 is 0 Å². The van der Waals surface area contributed by atoms with E-state index in [0.717, 1.165) is 47.1 Å². The summed E-state index contributed by atoms with van der Waals surface area (Å²) in [6.07, 6.45) is 5.60. The predicted octanol–water partition coefficient (Wildman–Crippen LogP) is 4.20. The minimum Gasteiger partial charge on any atom is -0.378 e. The molecule has 0 radical (unpaired) electrons. The van der Waals surface area contributed by atoms with Crippen molar-refractivity contribution in [2.75, 3.05) is 41.8 Å². The first kappa shape index (κ1) is 20.2. The van der Waals surface area contributed by atoms with E-state index in [2.05, 4.69) is 25.5 Å². The number of fused-ring (bicyclic) bond motifs is 1. The van der Waals surface area contributed by atoms with Crippen LogP contribution in [0.25, 0.3) is 5.65 Å². The van der Waals surface area contributed by atoms with Crippen molar-refractivity contribution >= 4 is 34.6 Å². The molecule has 0 unspecified atom stereocenters. The average molecular weight is 433 g/mol. The second-order valence-electron chi connectivity index (χ2n) is 7.81. The average Bonchev–Trinajstić information content (AvgIpc) is 3.25. The highest BCUT2D eigenvalue weighted by molar-refractivity contribution is 5.68. The predicted molar refractivity (Wildman–Crippen MR) is 123 cm³/mol. The number of hydrogen-bond acceptors (Lipinski definition) is 7. The Kier molecular flexibility index (Phi) is 5.32. The number of halogens is 1. The number of anilines is 5. The number of aromatic nitrogens is 4. The summed E-state index contributed by atoms with van der Waals surface area (Å²) in [6.45, 7) is 6.55. The number of benzene rings is 1. The molecule has 0 bridgehead atoms. The van der Waals surface area contributed by atoms with Crippen LogP contribution < -0.4 is 15.5 Å². The summed E-state index contributed by atoms with van der Waals surface area (Å²) in [6, 6.07) is 8.85. The summed E-state index contributed by atoms with van der Waals surface area (Å²) in [4.78, 5) is 15.9. The fraction of sp³-hybridized carbons (Fsp3) is 0.261. The Morgan fingerprint density at radius 1 is 0.969 bits per heavy atom. The number of hydrogen-bond donors (Lipinski definition) is 2. The quantitative estimate of drug-likeness (QED) is 0.488. The smallest absolute Gasteiger partial charge is 0.231 e. The van der Waals surface area contributed by atoms with E-state index in [0.29, 0.717) is 25.0 Å². The maximum Gasteiger partial charge on any atom is 0.231 e. The van der Waals surface area contributed by atoms with Crippen LogP contribution >= 0.6 is 0 Å². The van der Waals surface area contributed by atoms with Crippen LogP contribution in [0.15, 0.2) is 48.9 Å². The number of rotatable bonds is 5. The minimum absolute atomic E-state index is 0.259. The van der Waals surface area contributed by atoms with E-state index in [9.17, 15) is 4.39 Å². The highest BCUT2D eigenvalue weighted by Gasteiger charge is 2.16. The van der Waals surface area contributed by atoms with Crippen LogP contribution in [0.5, 0.6) is 0 Å². The number of aryl methyl sites for hydroxylation is 2. The lowest BCUT2D eigenvalue weighted by molar-refractivity contribution is 0.122. The molecule has 32 heavy (non-hydrogen) atoms. The third-order valence-electron chi connectivity index (χ3n) is 5.45. The highest BCUT2D eigenvalue weighted by Crippen LogP contribution is 2.28. The Morgan fingerprint density at radius 2 is 1.75 bits per heavy atom. The Bertz CT molecular complexity index is 1240. The van der Waals surface area contributed by atoms with Gasteiger partial charge in [-0.15, -0.1) is 0 Å².